The van der Waals surface area contributed by atoms with Gasteiger partial charge in [-0.15, -0.1) is 11.3 Å². The number of carbonyl (C=O) groups is 1. The van der Waals surface area contributed by atoms with Crippen LogP contribution in [0.2, 0.25) is 0 Å². The minimum atomic E-state index is -4.28. The first kappa shape index (κ1) is 14.5. The Bertz CT molecular complexity index is 696. The van der Waals surface area contributed by atoms with Gasteiger partial charge >= 0.3 is 6.03 Å². The maximum atomic E-state index is 11.6. The van der Waals surface area contributed by atoms with Gasteiger partial charge in [-0.3, -0.25) is 4.55 Å². The van der Waals surface area contributed by atoms with Crippen molar-refractivity contribution in [1.82, 2.24) is 5.32 Å². The number of hydrogen-bond acceptors (Lipinski definition) is 4. The van der Waals surface area contributed by atoms with E-state index in [2.05, 4.69) is 10.6 Å². The monoisotopic (exact) mass is 312 g/mol. The van der Waals surface area contributed by atoms with Crippen molar-refractivity contribution < 1.29 is 17.8 Å². The number of urea groups is 1. The van der Waals surface area contributed by atoms with Crippen molar-refractivity contribution in [2.45, 2.75) is 11.4 Å². The molecule has 6 nitrogen and oxygen atoms in total. The Hall–Kier alpha value is -1.90. The number of anilines is 1. The lowest BCUT2D eigenvalue weighted by molar-refractivity contribution is 0.252. The molecule has 106 valence electrons. The zero-order chi connectivity index (χ0) is 14.6. The first-order valence-corrected chi connectivity index (χ1v) is 7.92. The number of amides is 2. The molecular formula is C12H12N2O4S2. The molecule has 0 atom stereocenters. The Labute approximate surface area is 120 Å². The Morgan fingerprint density at radius 3 is 2.70 bits per heavy atom. The Morgan fingerprint density at radius 1 is 1.25 bits per heavy atom. The van der Waals surface area contributed by atoms with Crippen molar-refractivity contribution in [2.24, 2.45) is 0 Å². The van der Waals surface area contributed by atoms with Gasteiger partial charge in [0, 0.05) is 10.6 Å². The molecule has 20 heavy (non-hydrogen) atoms. The van der Waals surface area contributed by atoms with Crippen molar-refractivity contribution >= 4 is 33.2 Å². The third-order valence-electron chi connectivity index (χ3n) is 2.39. The topological polar surface area (TPSA) is 95.5 Å². The van der Waals surface area contributed by atoms with Crippen LogP contribution in [0.4, 0.5) is 10.5 Å². The van der Waals surface area contributed by atoms with Gasteiger partial charge in [0.2, 0.25) is 0 Å². The van der Waals surface area contributed by atoms with Gasteiger partial charge in [-0.25, -0.2) is 4.79 Å². The van der Waals surface area contributed by atoms with Gasteiger partial charge in [0.05, 0.1) is 11.4 Å². The third kappa shape index (κ3) is 4.05. The van der Waals surface area contributed by atoms with Gasteiger partial charge in [0.15, 0.2) is 0 Å². The van der Waals surface area contributed by atoms with Gasteiger partial charge in [0.1, 0.15) is 0 Å². The lowest BCUT2D eigenvalue weighted by Gasteiger charge is -2.07. The van der Waals surface area contributed by atoms with Crippen LogP contribution >= 0.6 is 11.3 Å². The largest absolute Gasteiger partial charge is 0.333 e. The average molecular weight is 312 g/mol. The first-order chi connectivity index (χ1) is 9.45. The number of benzene rings is 1. The zero-order valence-electron chi connectivity index (χ0n) is 10.2. The summed E-state index contributed by atoms with van der Waals surface area (Å²) >= 11 is 1.52. The molecule has 0 unspecified atom stereocenters. The van der Waals surface area contributed by atoms with Gasteiger partial charge < -0.3 is 10.6 Å². The second-order valence-electron chi connectivity index (χ2n) is 3.89. The SMILES string of the molecule is O=C(NCc1cccs1)Nc1cccc(S(=O)(=O)O)c1. The first-order valence-electron chi connectivity index (χ1n) is 5.60. The molecule has 8 heteroatoms. The summed E-state index contributed by atoms with van der Waals surface area (Å²) in [5.74, 6) is 0. The summed E-state index contributed by atoms with van der Waals surface area (Å²) in [6.45, 7) is 0.390. The molecule has 1 heterocycles. The Morgan fingerprint density at radius 2 is 2.05 bits per heavy atom. The standard InChI is InChI=1S/C12H12N2O4S2/c15-12(13-8-10-4-2-6-19-10)14-9-3-1-5-11(7-9)20(16,17)18/h1-7H,8H2,(H2,13,14,15)(H,16,17,18). The quantitative estimate of drug-likeness (QED) is 0.755. The van der Waals surface area contributed by atoms with Crippen molar-refractivity contribution in [3.05, 3.63) is 46.7 Å². The molecule has 0 aliphatic heterocycles. The summed E-state index contributed by atoms with van der Waals surface area (Å²) in [4.78, 5) is 12.4. The van der Waals surface area contributed by atoms with E-state index < -0.39 is 16.1 Å². The molecule has 0 saturated carbocycles. The van der Waals surface area contributed by atoms with E-state index in [1.807, 2.05) is 17.5 Å². The number of nitrogens with one attached hydrogen (secondary N) is 2. The summed E-state index contributed by atoms with van der Waals surface area (Å²) in [5, 5.41) is 7.04. The smallest absolute Gasteiger partial charge is 0.319 e. The van der Waals surface area contributed by atoms with Crippen molar-refractivity contribution in [3.63, 3.8) is 0 Å². The van der Waals surface area contributed by atoms with Gasteiger partial charge in [0.25, 0.3) is 10.1 Å². The number of rotatable bonds is 4. The van der Waals surface area contributed by atoms with Crippen molar-refractivity contribution in [1.29, 1.82) is 0 Å². The fourth-order valence-electron chi connectivity index (χ4n) is 1.49. The molecule has 0 aliphatic carbocycles. The van der Waals surface area contributed by atoms with Crippen LogP contribution < -0.4 is 10.6 Å². The molecule has 2 amide bonds. The van der Waals surface area contributed by atoms with Crippen LogP contribution in [0, 0.1) is 0 Å². The molecule has 2 rings (SSSR count). The normalized spacial score (nSPS) is 11.1. The van der Waals surface area contributed by atoms with E-state index in [0.717, 1.165) is 4.88 Å². The minimum Gasteiger partial charge on any atom is -0.333 e. The minimum absolute atomic E-state index is 0.270. The van der Waals surface area contributed by atoms with Gasteiger partial charge in [-0.05, 0) is 29.6 Å². The van der Waals surface area contributed by atoms with Crippen LogP contribution in [0.5, 0.6) is 0 Å². The van der Waals surface area contributed by atoms with E-state index in [0.29, 0.717) is 6.54 Å². The van der Waals surface area contributed by atoms with Crippen LogP contribution in [0.3, 0.4) is 0 Å². The molecule has 1 aromatic carbocycles. The molecule has 0 radical (unpaired) electrons. The van der Waals surface area contributed by atoms with Gasteiger partial charge in [-0.2, -0.15) is 8.42 Å². The van der Waals surface area contributed by atoms with E-state index in [1.54, 1.807) is 0 Å². The molecular weight excluding hydrogens is 300 g/mol. The van der Waals surface area contributed by atoms with E-state index in [9.17, 15) is 13.2 Å². The second kappa shape index (κ2) is 6.04. The molecule has 2 aromatic rings. The highest BCUT2D eigenvalue weighted by atomic mass is 32.2. The summed E-state index contributed by atoms with van der Waals surface area (Å²) in [6.07, 6.45) is 0. The predicted octanol–water partition coefficient (Wildman–Crippen LogP) is 2.32. The lowest BCUT2D eigenvalue weighted by Crippen LogP contribution is -2.27. The molecule has 3 N–H and O–H groups in total. The molecule has 0 saturated heterocycles. The zero-order valence-corrected chi connectivity index (χ0v) is 11.9. The summed E-state index contributed by atoms with van der Waals surface area (Å²) in [5.41, 5.74) is 0.281. The molecule has 0 aliphatic rings. The Kier molecular flexibility index (Phi) is 4.38. The second-order valence-corrected chi connectivity index (χ2v) is 6.34. The number of thiophene rings is 1. The van der Waals surface area contributed by atoms with Crippen LogP contribution in [0.15, 0.2) is 46.7 Å². The van der Waals surface area contributed by atoms with Crippen LogP contribution in [-0.4, -0.2) is 19.0 Å². The summed E-state index contributed by atoms with van der Waals surface area (Å²) < 4.78 is 30.9. The maximum Gasteiger partial charge on any atom is 0.319 e. The summed E-state index contributed by atoms with van der Waals surface area (Å²) in [7, 11) is -4.28. The predicted molar refractivity (Wildman–Crippen MR) is 76.4 cm³/mol. The maximum absolute atomic E-state index is 11.6. The molecule has 0 bridgehead atoms. The number of carbonyl (C=O) groups excluding carboxylic acids is 1. The van der Waals surface area contributed by atoms with Crippen LogP contribution in [0.1, 0.15) is 4.88 Å². The third-order valence-corrected chi connectivity index (χ3v) is 4.12. The fraction of sp³-hybridized carbons (Fsp3) is 0.0833. The Balaban J connectivity index is 1.97. The molecule has 0 spiro atoms. The average Bonchev–Trinajstić information content (AvgIpc) is 2.89. The summed E-state index contributed by atoms with van der Waals surface area (Å²) in [6, 6.07) is 8.70. The van der Waals surface area contributed by atoms with Crippen molar-refractivity contribution in [2.75, 3.05) is 5.32 Å². The highest BCUT2D eigenvalue weighted by Gasteiger charge is 2.10. The number of hydrogen-bond donors (Lipinski definition) is 3. The molecule has 1 aromatic heterocycles. The van der Waals surface area contributed by atoms with Crippen molar-refractivity contribution in [3.8, 4) is 0 Å². The highest BCUT2D eigenvalue weighted by Crippen LogP contribution is 2.15. The van der Waals surface area contributed by atoms with Gasteiger partial charge in [-0.1, -0.05) is 12.1 Å². The van der Waals surface area contributed by atoms with E-state index >= 15 is 0 Å². The van der Waals surface area contributed by atoms with E-state index in [4.69, 9.17) is 4.55 Å². The lowest BCUT2D eigenvalue weighted by atomic mass is 10.3. The molecule has 0 fully saturated rings. The van der Waals surface area contributed by atoms with Crippen LogP contribution in [0.25, 0.3) is 0 Å². The van der Waals surface area contributed by atoms with E-state index in [-0.39, 0.29) is 10.6 Å². The fourth-order valence-corrected chi connectivity index (χ4v) is 2.66. The highest BCUT2D eigenvalue weighted by molar-refractivity contribution is 7.85. The van der Waals surface area contributed by atoms with E-state index in [1.165, 1.54) is 35.6 Å². The van der Waals surface area contributed by atoms with Crippen LogP contribution in [-0.2, 0) is 16.7 Å².